The molecular weight excluding hydrogens is 279 g/mol. The van der Waals surface area contributed by atoms with Gasteiger partial charge in [-0.2, -0.15) is 13.2 Å². The van der Waals surface area contributed by atoms with Crippen LogP contribution < -0.4 is 11.3 Å². The van der Waals surface area contributed by atoms with E-state index in [1.165, 1.54) is 6.07 Å². The van der Waals surface area contributed by atoms with Crippen molar-refractivity contribution < 1.29 is 18.0 Å². The van der Waals surface area contributed by atoms with Crippen molar-refractivity contribution in [2.45, 2.75) is 30.3 Å². The molecule has 1 aromatic rings. The van der Waals surface area contributed by atoms with Gasteiger partial charge < -0.3 is 0 Å². The normalized spacial score (nSPS) is 13.4. The molecule has 4 nitrogen and oxygen atoms in total. The van der Waals surface area contributed by atoms with Crippen molar-refractivity contribution in [2.24, 2.45) is 11.8 Å². The number of hydrogen-bond acceptors (Lipinski definition) is 4. The van der Waals surface area contributed by atoms with Crippen LogP contribution in [0.15, 0.2) is 23.4 Å². The minimum Gasteiger partial charge on any atom is -0.293 e. The Hall–Kier alpha value is -1.28. The molecule has 0 fully saturated rings. The van der Waals surface area contributed by atoms with Crippen LogP contribution in [0.25, 0.3) is 0 Å². The van der Waals surface area contributed by atoms with Crippen LogP contribution in [0.3, 0.4) is 0 Å². The van der Waals surface area contributed by atoms with Crippen LogP contribution in [0.2, 0.25) is 0 Å². The number of carbonyl (C=O) groups excluding carboxylic acids is 1. The fourth-order valence-corrected chi connectivity index (χ4v) is 2.29. The van der Waals surface area contributed by atoms with Gasteiger partial charge >= 0.3 is 6.18 Å². The third kappa shape index (κ3) is 4.39. The average molecular weight is 293 g/mol. The van der Waals surface area contributed by atoms with Crippen molar-refractivity contribution >= 4 is 17.7 Å². The first-order valence-corrected chi connectivity index (χ1v) is 6.34. The molecular formula is C11H14F3N3OS. The van der Waals surface area contributed by atoms with E-state index in [1.807, 2.05) is 19.3 Å². The van der Waals surface area contributed by atoms with Crippen molar-refractivity contribution in [2.75, 3.05) is 0 Å². The Morgan fingerprint density at radius 2 is 2.05 bits per heavy atom. The summed E-state index contributed by atoms with van der Waals surface area (Å²) in [5.41, 5.74) is 1.22. The van der Waals surface area contributed by atoms with Crippen molar-refractivity contribution in [1.82, 2.24) is 10.4 Å². The summed E-state index contributed by atoms with van der Waals surface area (Å²) in [7, 11) is 0. The number of hydrogen-bond donors (Lipinski definition) is 2. The molecule has 0 aliphatic heterocycles. The molecule has 0 bridgehead atoms. The molecule has 0 saturated carbocycles. The molecule has 0 aliphatic carbocycles. The Morgan fingerprint density at radius 3 is 2.42 bits per heavy atom. The number of hydrazine groups is 1. The molecule has 3 N–H and O–H groups in total. The topological polar surface area (TPSA) is 68.0 Å². The molecule has 1 aromatic heterocycles. The number of nitrogens with zero attached hydrogens (tertiary/aromatic N) is 1. The molecule has 0 spiro atoms. The zero-order valence-corrected chi connectivity index (χ0v) is 11.2. The highest BCUT2D eigenvalue weighted by molar-refractivity contribution is 8.00. The van der Waals surface area contributed by atoms with Gasteiger partial charge in [-0.25, -0.2) is 10.8 Å². The van der Waals surface area contributed by atoms with Gasteiger partial charge in [0.1, 0.15) is 0 Å². The minimum absolute atomic E-state index is 0.0300. The van der Waals surface area contributed by atoms with Gasteiger partial charge in [-0.3, -0.25) is 10.2 Å². The van der Waals surface area contributed by atoms with Gasteiger partial charge in [0, 0.05) is 6.20 Å². The van der Waals surface area contributed by atoms with Crippen molar-refractivity contribution in [1.29, 1.82) is 0 Å². The van der Waals surface area contributed by atoms with E-state index in [1.54, 1.807) is 0 Å². The molecule has 106 valence electrons. The van der Waals surface area contributed by atoms with Crippen LogP contribution in [-0.2, 0) is 11.0 Å². The molecule has 8 heteroatoms. The SMILES string of the molecule is CC(C)C(Sc1ccc(C(F)(F)F)cn1)C(=O)NN. The number of aromatic nitrogens is 1. The Balaban J connectivity index is 2.84. The average Bonchev–Trinajstić information content (AvgIpc) is 2.34. The highest BCUT2D eigenvalue weighted by Crippen LogP contribution is 2.31. The van der Waals surface area contributed by atoms with Crippen LogP contribution in [0.1, 0.15) is 19.4 Å². The van der Waals surface area contributed by atoms with Crippen LogP contribution in [0, 0.1) is 5.92 Å². The number of alkyl halides is 3. The Kier molecular flexibility index (Phi) is 5.19. The minimum atomic E-state index is -4.41. The Bertz CT molecular complexity index is 434. The summed E-state index contributed by atoms with van der Waals surface area (Å²) in [5.74, 6) is 4.65. The Labute approximate surface area is 112 Å². The van der Waals surface area contributed by atoms with Crippen LogP contribution in [0.5, 0.6) is 0 Å². The third-order valence-electron chi connectivity index (χ3n) is 2.32. The van der Waals surface area contributed by atoms with Crippen molar-refractivity contribution in [3.63, 3.8) is 0 Å². The standard InChI is InChI=1S/C11H14F3N3OS/c1-6(2)9(10(18)17-15)19-8-4-3-7(5-16-8)11(12,13)14/h3-6,9H,15H2,1-2H3,(H,17,18). The van der Waals surface area contributed by atoms with E-state index >= 15 is 0 Å². The van der Waals surface area contributed by atoms with Crippen LogP contribution in [0.4, 0.5) is 13.2 Å². The smallest absolute Gasteiger partial charge is 0.293 e. The maximum Gasteiger partial charge on any atom is 0.417 e. The number of amides is 1. The third-order valence-corrected chi connectivity index (χ3v) is 3.81. The first-order valence-electron chi connectivity index (χ1n) is 5.46. The molecule has 0 radical (unpaired) electrons. The summed E-state index contributed by atoms with van der Waals surface area (Å²) in [6.07, 6.45) is -3.66. The molecule has 1 heterocycles. The lowest BCUT2D eigenvalue weighted by Crippen LogP contribution is -2.40. The highest BCUT2D eigenvalue weighted by atomic mass is 32.2. The lowest BCUT2D eigenvalue weighted by atomic mass is 10.1. The monoisotopic (exact) mass is 293 g/mol. The summed E-state index contributed by atoms with van der Waals surface area (Å²) < 4.78 is 37.1. The first kappa shape index (κ1) is 15.8. The van der Waals surface area contributed by atoms with E-state index in [9.17, 15) is 18.0 Å². The predicted octanol–water partition coefficient (Wildman–Crippen LogP) is 2.21. The summed E-state index contributed by atoms with van der Waals surface area (Å²) in [4.78, 5) is 15.2. The summed E-state index contributed by atoms with van der Waals surface area (Å²) in [6, 6.07) is 2.18. The predicted molar refractivity (Wildman–Crippen MR) is 66.1 cm³/mol. The number of thioether (sulfide) groups is 1. The molecule has 0 aromatic carbocycles. The largest absolute Gasteiger partial charge is 0.417 e. The first-order chi connectivity index (χ1) is 8.75. The van der Waals surface area contributed by atoms with Crippen molar-refractivity contribution in [3.8, 4) is 0 Å². The fraction of sp³-hybridized carbons (Fsp3) is 0.455. The van der Waals surface area contributed by atoms with Gasteiger partial charge in [0.05, 0.1) is 15.8 Å². The van der Waals surface area contributed by atoms with E-state index in [4.69, 9.17) is 5.84 Å². The maximum atomic E-state index is 12.4. The van der Waals surface area contributed by atoms with Gasteiger partial charge in [0.2, 0.25) is 5.91 Å². The van der Waals surface area contributed by atoms with Gasteiger partial charge in [-0.1, -0.05) is 25.6 Å². The highest BCUT2D eigenvalue weighted by Gasteiger charge is 2.31. The number of carbonyl (C=O) groups is 1. The van der Waals surface area contributed by atoms with Crippen LogP contribution in [-0.4, -0.2) is 16.1 Å². The maximum absolute atomic E-state index is 12.4. The zero-order valence-electron chi connectivity index (χ0n) is 10.4. The molecule has 1 amide bonds. The van der Waals surface area contributed by atoms with Crippen LogP contribution >= 0.6 is 11.8 Å². The number of halogens is 3. The van der Waals surface area contributed by atoms with E-state index in [0.717, 1.165) is 24.0 Å². The Morgan fingerprint density at radius 1 is 1.42 bits per heavy atom. The number of nitrogens with one attached hydrogen (secondary N) is 1. The summed E-state index contributed by atoms with van der Waals surface area (Å²) in [6.45, 7) is 3.63. The zero-order chi connectivity index (χ0) is 14.6. The van der Waals surface area contributed by atoms with E-state index in [-0.39, 0.29) is 11.8 Å². The molecule has 19 heavy (non-hydrogen) atoms. The molecule has 1 atom stereocenters. The van der Waals surface area contributed by atoms with Gasteiger partial charge in [0.25, 0.3) is 0 Å². The lowest BCUT2D eigenvalue weighted by Gasteiger charge is -2.18. The molecule has 1 rings (SSSR count). The van der Waals surface area contributed by atoms with Gasteiger partial charge in [0.15, 0.2) is 0 Å². The van der Waals surface area contributed by atoms with E-state index < -0.39 is 17.0 Å². The summed E-state index contributed by atoms with van der Waals surface area (Å²) in [5, 5.41) is -0.162. The van der Waals surface area contributed by atoms with Gasteiger partial charge in [-0.15, -0.1) is 0 Å². The number of rotatable bonds is 4. The second-order valence-electron chi connectivity index (χ2n) is 4.17. The summed E-state index contributed by atoms with van der Waals surface area (Å²) >= 11 is 1.08. The number of pyridine rings is 1. The molecule has 0 aliphatic rings. The second-order valence-corrected chi connectivity index (χ2v) is 5.34. The quantitative estimate of drug-likeness (QED) is 0.386. The fourth-order valence-electron chi connectivity index (χ4n) is 1.32. The second kappa shape index (κ2) is 6.25. The molecule has 1 unspecified atom stereocenters. The van der Waals surface area contributed by atoms with E-state index in [0.29, 0.717) is 5.03 Å². The molecule has 0 saturated heterocycles. The van der Waals surface area contributed by atoms with E-state index in [2.05, 4.69) is 4.98 Å². The van der Waals surface area contributed by atoms with Gasteiger partial charge in [-0.05, 0) is 18.1 Å². The number of nitrogens with two attached hydrogens (primary N) is 1. The van der Waals surface area contributed by atoms with Crippen molar-refractivity contribution in [3.05, 3.63) is 23.9 Å². The lowest BCUT2D eigenvalue weighted by molar-refractivity contribution is -0.137.